The lowest BCUT2D eigenvalue weighted by Crippen LogP contribution is -2.28. The Morgan fingerprint density at radius 1 is 0.907 bits per heavy atom. The van der Waals surface area contributed by atoms with Gasteiger partial charge in [0.15, 0.2) is 6.10 Å². The fourth-order valence-corrected chi connectivity index (χ4v) is 5.03. The third-order valence-corrected chi connectivity index (χ3v) is 6.95. The third-order valence-electron chi connectivity index (χ3n) is 6.95. The van der Waals surface area contributed by atoms with Crippen molar-refractivity contribution in [2.24, 2.45) is 0 Å². The quantitative estimate of drug-likeness (QED) is 0.157. The lowest BCUT2D eigenvalue weighted by atomic mass is 10.0. The maximum atomic E-state index is 13.8. The van der Waals surface area contributed by atoms with E-state index < -0.39 is 6.10 Å². The zero-order valence-electron chi connectivity index (χ0n) is 25.1. The van der Waals surface area contributed by atoms with E-state index in [1.165, 1.54) is 12.1 Å². The molecule has 4 aromatic rings. The summed E-state index contributed by atoms with van der Waals surface area (Å²) in [5.74, 6) is -0.193. The molecule has 0 aliphatic heterocycles. The Balaban J connectivity index is 1.53. The van der Waals surface area contributed by atoms with Crippen molar-refractivity contribution in [1.82, 2.24) is 4.57 Å². The highest BCUT2D eigenvalue weighted by molar-refractivity contribution is 6.06. The second kappa shape index (κ2) is 15.2. The molecular weight excluding hydrogens is 547 g/mol. The van der Waals surface area contributed by atoms with Gasteiger partial charge in [-0.3, -0.25) is 4.79 Å². The predicted molar refractivity (Wildman–Crippen MR) is 166 cm³/mol. The minimum Gasteiger partial charge on any atom is -0.492 e. The summed E-state index contributed by atoms with van der Waals surface area (Å²) in [5, 5.41) is 3.00. The summed E-state index contributed by atoms with van der Waals surface area (Å²) < 4.78 is 32.7. The van der Waals surface area contributed by atoms with E-state index in [9.17, 15) is 14.0 Å². The number of hydrogen-bond donors (Lipinski definition) is 1. The van der Waals surface area contributed by atoms with E-state index in [1.54, 1.807) is 19.1 Å². The molecule has 43 heavy (non-hydrogen) atoms. The van der Waals surface area contributed by atoms with Crippen molar-refractivity contribution < 1.29 is 28.2 Å². The minimum absolute atomic E-state index is 0.0303. The van der Waals surface area contributed by atoms with Crippen LogP contribution in [0.5, 0.6) is 5.75 Å². The number of nitrogens with one attached hydrogen (secondary N) is 1. The molecule has 7 nitrogen and oxygen atoms in total. The van der Waals surface area contributed by atoms with Gasteiger partial charge in [0.2, 0.25) is 0 Å². The lowest BCUT2D eigenvalue weighted by Gasteiger charge is -2.18. The molecule has 8 heteroatoms. The summed E-state index contributed by atoms with van der Waals surface area (Å²) in [5.41, 5.74) is 4.68. The van der Waals surface area contributed by atoms with Crippen molar-refractivity contribution in [3.8, 4) is 17.0 Å². The van der Waals surface area contributed by atoms with E-state index in [0.29, 0.717) is 49.8 Å². The van der Waals surface area contributed by atoms with Crippen molar-refractivity contribution in [3.05, 3.63) is 108 Å². The topological polar surface area (TPSA) is 78.8 Å². The molecule has 1 unspecified atom stereocenters. The summed E-state index contributed by atoms with van der Waals surface area (Å²) in [4.78, 5) is 25.7. The van der Waals surface area contributed by atoms with Crippen LogP contribution in [-0.2, 0) is 27.2 Å². The SMILES string of the molecule is CCOC(=O)C(Cc1ccc(OCCn2c(-c3ccc(F)cc3)cc(C(=O)Nc3ccccc3)c2C(C)C)cc1)OCC. The molecule has 4 rings (SSSR count). The van der Waals surface area contributed by atoms with Gasteiger partial charge in [-0.1, -0.05) is 44.2 Å². The van der Waals surface area contributed by atoms with Crippen LogP contribution in [0.25, 0.3) is 11.3 Å². The van der Waals surface area contributed by atoms with Gasteiger partial charge < -0.3 is 24.1 Å². The predicted octanol–water partition coefficient (Wildman–Crippen LogP) is 7.26. The molecule has 1 atom stereocenters. The Labute approximate surface area is 252 Å². The summed E-state index contributed by atoms with van der Waals surface area (Å²) in [7, 11) is 0. The summed E-state index contributed by atoms with van der Waals surface area (Å²) >= 11 is 0. The van der Waals surface area contributed by atoms with E-state index >= 15 is 0 Å². The van der Waals surface area contributed by atoms with Crippen LogP contribution in [0, 0.1) is 5.82 Å². The third kappa shape index (κ3) is 8.32. The number of ether oxygens (including phenoxy) is 3. The Bertz CT molecular complexity index is 1480. The highest BCUT2D eigenvalue weighted by atomic mass is 19.1. The van der Waals surface area contributed by atoms with E-state index in [0.717, 1.165) is 22.5 Å². The Morgan fingerprint density at radius 2 is 1.60 bits per heavy atom. The number of carbonyl (C=O) groups excluding carboxylic acids is 2. The first-order chi connectivity index (χ1) is 20.8. The van der Waals surface area contributed by atoms with Gasteiger partial charge in [0, 0.05) is 30.1 Å². The van der Waals surface area contributed by atoms with Gasteiger partial charge in [-0.05, 0) is 85.5 Å². The van der Waals surface area contributed by atoms with Gasteiger partial charge in [-0.2, -0.15) is 0 Å². The van der Waals surface area contributed by atoms with Crippen molar-refractivity contribution in [2.45, 2.75) is 52.7 Å². The molecule has 0 fully saturated rings. The van der Waals surface area contributed by atoms with Gasteiger partial charge >= 0.3 is 5.97 Å². The van der Waals surface area contributed by atoms with E-state index in [2.05, 4.69) is 9.88 Å². The first-order valence-corrected chi connectivity index (χ1v) is 14.7. The van der Waals surface area contributed by atoms with Gasteiger partial charge in [-0.15, -0.1) is 0 Å². The Morgan fingerprint density at radius 3 is 2.23 bits per heavy atom. The number of aromatic nitrogens is 1. The van der Waals surface area contributed by atoms with Crippen LogP contribution >= 0.6 is 0 Å². The molecule has 1 heterocycles. The molecule has 0 saturated carbocycles. The monoisotopic (exact) mass is 586 g/mol. The van der Waals surface area contributed by atoms with Crippen molar-refractivity contribution in [3.63, 3.8) is 0 Å². The molecule has 1 aromatic heterocycles. The highest BCUT2D eigenvalue weighted by Crippen LogP contribution is 2.32. The van der Waals surface area contributed by atoms with E-state index in [1.807, 2.05) is 81.4 Å². The Kier molecular flexibility index (Phi) is 11.1. The molecule has 0 radical (unpaired) electrons. The number of hydrogen-bond acceptors (Lipinski definition) is 5. The smallest absolute Gasteiger partial charge is 0.335 e. The van der Waals surface area contributed by atoms with Crippen LogP contribution in [0.1, 0.15) is 55.2 Å². The lowest BCUT2D eigenvalue weighted by molar-refractivity contribution is -0.156. The molecule has 0 bridgehead atoms. The molecule has 0 aliphatic rings. The van der Waals surface area contributed by atoms with Crippen LogP contribution in [0.2, 0.25) is 0 Å². The van der Waals surface area contributed by atoms with Gasteiger partial charge in [0.25, 0.3) is 5.91 Å². The second-order valence-corrected chi connectivity index (χ2v) is 10.4. The highest BCUT2D eigenvalue weighted by Gasteiger charge is 2.24. The number of carbonyl (C=O) groups is 2. The Hall–Kier alpha value is -4.43. The number of benzene rings is 3. The fraction of sp³-hybridized carbons (Fsp3) is 0.314. The molecule has 226 valence electrons. The van der Waals surface area contributed by atoms with Crippen molar-refractivity contribution in [1.29, 1.82) is 0 Å². The number of nitrogens with zero attached hydrogens (tertiary/aromatic N) is 1. The molecular formula is C35H39FN2O5. The largest absolute Gasteiger partial charge is 0.492 e. The van der Waals surface area contributed by atoms with Crippen LogP contribution in [0.3, 0.4) is 0 Å². The molecule has 0 spiro atoms. The fourth-order valence-electron chi connectivity index (χ4n) is 5.03. The summed E-state index contributed by atoms with van der Waals surface area (Å²) in [6.45, 7) is 9.24. The molecule has 0 aliphatic carbocycles. The average molecular weight is 587 g/mol. The summed E-state index contributed by atoms with van der Waals surface area (Å²) in [6, 6.07) is 25.0. The molecule has 3 aromatic carbocycles. The first-order valence-electron chi connectivity index (χ1n) is 14.7. The average Bonchev–Trinajstić information content (AvgIpc) is 3.39. The summed E-state index contributed by atoms with van der Waals surface area (Å²) in [6.07, 6.45) is -0.249. The van der Waals surface area contributed by atoms with Crippen LogP contribution in [0.15, 0.2) is 84.9 Å². The number of halogens is 1. The van der Waals surface area contributed by atoms with Crippen LogP contribution in [-0.4, -0.2) is 42.4 Å². The molecule has 0 saturated heterocycles. The zero-order chi connectivity index (χ0) is 30.8. The molecule has 1 N–H and O–H groups in total. The van der Waals surface area contributed by atoms with Gasteiger partial charge in [0.05, 0.1) is 18.7 Å². The van der Waals surface area contributed by atoms with Gasteiger partial charge in [0.1, 0.15) is 18.2 Å². The maximum absolute atomic E-state index is 13.8. The van der Waals surface area contributed by atoms with E-state index in [4.69, 9.17) is 14.2 Å². The second-order valence-electron chi connectivity index (χ2n) is 10.4. The standard InChI is InChI=1S/C35H39FN2O5/c1-5-41-32(35(40)42-6-2)22-25-12-18-29(19-13-25)43-21-20-38-31(26-14-16-27(36)17-15-26)23-30(33(38)24(3)4)34(39)37-28-10-8-7-9-11-28/h7-19,23-24,32H,5-6,20-22H2,1-4H3,(H,37,39). The zero-order valence-corrected chi connectivity index (χ0v) is 25.1. The number of anilines is 1. The van der Waals surface area contributed by atoms with Crippen LogP contribution < -0.4 is 10.1 Å². The first kappa shape index (κ1) is 31.5. The van der Waals surface area contributed by atoms with Gasteiger partial charge in [-0.25, -0.2) is 9.18 Å². The molecule has 1 amide bonds. The number of amides is 1. The number of esters is 1. The van der Waals surface area contributed by atoms with Crippen LogP contribution in [0.4, 0.5) is 10.1 Å². The minimum atomic E-state index is -0.655. The van der Waals surface area contributed by atoms with Crippen molar-refractivity contribution >= 4 is 17.6 Å². The van der Waals surface area contributed by atoms with E-state index in [-0.39, 0.29) is 23.6 Å². The number of rotatable bonds is 14. The number of para-hydroxylation sites is 1. The normalized spacial score (nSPS) is 11.8. The van der Waals surface area contributed by atoms with Crippen molar-refractivity contribution in [2.75, 3.05) is 25.1 Å². The maximum Gasteiger partial charge on any atom is 0.335 e.